The van der Waals surface area contributed by atoms with E-state index in [4.69, 9.17) is 0 Å². The van der Waals surface area contributed by atoms with Gasteiger partial charge in [0.05, 0.1) is 11.4 Å². The van der Waals surface area contributed by atoms with Crippen LogP contribution in [0.3, 0.4) is 0 Å². The Morgan fingerprint density at radius 2 is 1.65 bits per heavy atom. The topological polar surface area (TPSA) is 86.8 Å². The van der Waals surface area contributed by atoms with Crippen LogP contribution in [0.1, 0.15) is 18.9 Å². The molecule has 0 fully saturated rings. The molecule has 0 aliphatic rings. The summed E-state index contributed by atoms with van der Waals surface area (Å²) in [5.41, 5.74) is 0.622. The first-order valence-corrected chi connectivity index (χ1v) is 12.3. The van der Waals surface area contributed by atoms with E-state index in [9.17, 15) is 22.4 Å². The van der Waals surface area contributed by atoms with Gasteiger partial charge < -0.3 is 10.2 Å². The van der Waals surface area contributed by atoms with Gasteiger partial charge in [-0.1, -0.05) is 49.4 Å². The summed E-state index contributed by atoms with van der Waals surface area (Å²) in [4.78, 5) is 27.2. The van der Waals surface area contributed by atoms with E-state index in [1.807, 2.05) is 24.3 Å². The van der Waals surface area contributed by atoms with Crippen LogP contribution in [0, 0.1) is 5.82 Å². The van der Waals surface area contributed by atoms with Crippen molar-refractivity contribution in [1.29, 1.82) is 0 Å². The van der Waals surface area contributed by atoms with E-state index in [1.54, 1.807) is 19.1 Å². The lowest BCUT2D eigenvalue weighted by Gasteiger charge is -2.31. The van der Waals surface area contributed by atoms with Crippen molar-refractivity contribution < 1.29 is 22.4 Å². The predicted octanol–water partition coefficient (Wildman–Crippen LogP) is 3.15. The average molecular weight is 486 g/mol. The van der Waals surface area contributed by atoms with Crippen LogP contribution in [0.4, 0.5) is 4.39 Å². The van der Waals surface area contributed by atoms with Crippen molar-refractivity contribution in [3.05, 3.63) is 78.1 Å². The third-order valence-electron chi connectivity index (χ3n) is 5.69. The number of carbonyl (C=O) groups is 2. The molecular weight excluding hydrogens is 457 g/mol. The Balaban J connectivity index is 1.87. The zero-order valence-corrected chi connectivity index (χ0v) is 20.2. The van der Waals surface area contributed by atoms with Gasteiger partial charge in [-0.15, -0.1) is 0 Å². The SMILES string of the molecule is CCC(C(=O)NC)N(Cc1ccc(F)cc1)C(=O)CN(C)S(=O)(=O)c1ccc2ccccc2c1. The van der Waals surface area contributed by atoms with Gasteiger partial charge in [-0.2, -0.15) is 4.31 Å². The van der Waals surface area contributed by atoms with Crippen LogP contribution in [0.5, 0.6) is 0 Å². The Labute approximate surface area is 199 Å². The monoisotopic (exact) mass is 485 g/mol. The second kappa shape index (κ2) is 10.8. The van der Waals surface area contributed by atoms with Crippen molar-refractivity contribution in [3.63, 3.8) is 0 Å². The molecule has 0 bridgehead atoms. The number of likely N-dealkylation sites (N-methyl/N-ethyl adjacent to an activating group) is 2. The van der Waals surface area contributed by atoms with Gasteiger partial charge in [-0.05, 0) is 47.0 Å². The Hall–Kier alpha value is -3.30. The normalized spacial score (nSPS) is 12.5. The number of halogens is 1. The summed E-state index contributed by atoms with van der Waals surface area (Å²) in [5.74, 6) is -1.31. The molecule has 0 saturated carbocycles. The number of nitrogens with one attached hydrogen (secondary N) is 1. The van der Waals surface area contributed by atoms with Crippen LogP contribution in [0.15, 0.2) is 71.6 Å². The van der Waals surface area contributed by atoms with Gasteiger partial charge in [-0.25, -0.2) is 12.8 Å². The lowest BCUT2D eigenvalue weighted by Crippen LogP contribution is -2.51. The molecule has 1 atom stereocenters. The second-order valence-electron chi connectivity index (χ2n) is 7.96. The number of amides is 2. The van der Waals surface area contributed by atoms with E-state index in [2.05, 4.69) is 5.32 Å². The minimum atomic E-state index is -3.96. The number of rotatable bonds is 9. The maximum absolute atomic E-state index is 13.3. The summed E-state index contributed by atoms with van der Waals surface area (Å²) in [5, 5.41) is 4.22. The zero-order valence-electron chi connectivity index (χ0n) is 19.4. The summed E-state index contributed by atoms with van der Waals surface area (Å²) >= 11 is 0. The highest BCUT2D eigenvalue weighted by Crippen LogP contribution is 2.22. The molecule has 3 aromatic carbocycles. The maximum atomic E-state index is 13.3. The second-order valence-corrected chi connectivity index (χ2v) is 10.0. The quantitative estimate of drug-likeness (QED) is 0.505. The standard InChI is InChI=1S/C25H28FN3O4S/c1-4-23(25(31)27-2)29(16-18-9-12-21(26)13-10-18)24(30)17-28(3)34(32,33)22-14-11-19-7-5-6-8-20(19)15-22/h5-15,23H,4,16-17H2,1-3H3,(H,27,31). The van der Waals surface area contributed by atoms with Crippen LogP contribution >= 0.6 is 0 Å². The fourth-order valence-corrected chi connectivity index (χ4v) is 4.90. The lowest BCUT2D eigenvalue weighted by atomic mass is 10.1. The van der Waals surface area contributed by atoms with Crippen molar-refractivity contribution in [2.45, 2.75) is 30.8 Å². The molecule has 0 saturated heterocycles. The Bertz CT molecular complexity index is 1280. The third kappa shape index (κ3) is 5.60. The number of benzene rings is 3. The molecule has 7 nitrogen and oxygen atoms in total. The number of sulfonamides is 1. The van der Waals surface area contributed by atoms with Crippen molar-refractivity contribution in [1.82, 2.24) is 14.5 Å². The van der Waals surface area contributed by atoms with Gasteiger partial charge in [0.1, 0.15) is 11.9 Å². The molecule has 180 valence electrons. The molecular formula is C25H28FN3O4S. The minimum absolute atomic E-state index is 0.0366. The highest BCUT2D eigenvalue weighted by atomic mass is 32.2. The van der Waals surface area contributed by atoms with Gasteiger partial charge in [0, 0.05) is 20.6 Å². The van der Waals surface area contributed by atoms with E-state index in [-0.39, 0.29) is 17.3 Å². The molecule has 0 aromatic heterocycles. The number of carbonyl (C=O) groups excluding carboxylic acids is 2. The van der Waals surface area contributed by atoms with Crippen molar-refractivity contribution >= 4 is 32.6 Å². The molecule has 1 unspecified atom stereocenters. The lowest BCUT2D eigenvalue weighted by molar-refractivity contribution is -0.141. The summed E-state index contributed by atoms with van der Waals surface area (Å²) in [6.07, 6.45) is 0.327. The zero-order chi connectivity index (χ0) is 24.9. The van der Waals surface area contributed by atoms with Crippen LogP contribution in [-0.2, 0) is 26.2 Å². The molecule has 0 aliphatic carbocycles. The van der Waals surface area contributed by atoms with Crippen LogP contribution < -0.4 is 5.32 Å². The van der Waals surface area contributed by atoms with Crippen LogP contribution in [-0.4, -0.2) is 56.1 Å². The Kier molecular flexibility index (Phi) is 8.01. The third-order valence-corrected chi connectivity index (χ3v) is 7.48. The van der Waals surface area contributed by atoms with E-state index in [0.717, 1.165) is 15.1 Å². The fourth-order valence-electron chi connectivity index (χ4n) is 3.75. The Morgan fingerprint density at radius 1 is 1.00 bits per heavy atom. The summed E-state index contributed by atoms with van der Waals surface area (Å²) in [7, 11) is -1.15. The first-order valence-electron chi connectivity index (χ1n) is 10.9. The number of hydrogen-bond acceptors (Lipinski definition) is 4. The minimum Gasteiger partial charge on any atom is -0.357 e. The average Bonchev–Trinajstić information content (AvgIpc) is 2.84. The van der Waals surface area contributed by atoms with Gasteiger partial charge >= 0.3 is 0 Å². The van der Waals surface area contributed by atoms with Crippen LogP contribution in [0.25, 0.3) is 10.8 Å². The van der Waals surface area contributed by atoms with E-state index in [0.29, 0.717) is 12.0 Å². The van der Waals surface area contributed by atoms with Gasteiger partial charge in [-0.3, -0.25) is 9.59 Å². The molecule has 2 amide bonds. The number of hydrogen-bond donors (Lipinski definition) is 1. The smallest absolute Gasteiger partial charge is 0.243 e. The Morgan fingerprint density at radius 3 is 2.26 bits per heavy atom. The van der Waals surface area contributed by atoms with Crippen molar-refractivity contribution in [2.75, 3.05) is 20.6 Å². The maximum Gasteiger partial charge on any atom is 0.243 e. The highest BCUT2D eigenvalue weighted by molar-refractivity contribution is 7.89. The van der Waals surface area contributed by atoms with E-state index >= 15 is 0 Å². The molecule has 3 rings (SSSR count). The van der Waals surface area contributed by atoms with Gasteiger partial charge in [0.2, 0.25) is 21.8 Å². The summed E-state index contributed by atoms with van der Waals surface area (Å²) in [6.45, 7) is 1.35. The molecule has 0 heterocycles. The molecule has 0 spiro atoms. The van der Waals surface area contributed by atoms with E-state index < -0.39 is 34.3 Å². The fraction of sp³-hybridized carbons (Fsp3) is 0.280. The molecule has 0 aliphatic heterocycles. The van der Waals surface area contributed by atoms with Crippen LogP contribution in [0.2, 0.25) is 0 Å². The number of fused-ring (bicyclic) bond motifs is 1. The first-order chi connectivity index (χ1) is 16.2. The highest BCUT2D eigenvalue weighted by Gasteiger charge is 2.31. The predicted molar refractivity (Wildman–Crippen MR) is 129 cm³/mol. The number of nitrogens with zero attached hydrogens (tertiary/aromatic N) is 2. The molecule has 9 heteroatoms. The van der Waals surface area contributed by atoms with Crippen molar-refractivity contribution in [2.24, 2.45) is 0 Å². The van der Waals surface area contributed by atoms with Gasteiger partial charge in [0.25, 0.3) is 0 Å². The molecule has 34 heavy (non-hydrogen) atoms. The first kappa shape index (κ1) is 25.3. The summed E-state index contributed by atoms with van der Waals surface area (Å²) < 4.78 is 40.7. The molecule has 0 radical (unpaired) electrons. The van der Waals surface area contributed by atoms with Gasteiger partial charge in [0.15, 0.2) is 0 Å². The largest absolute Gasteiger partial charge is 0.357 e. The van der Waals surface area contributed by atoms with Crippen molar-refractivity contribution in [3.8, 4) is 0 Å². The molecule has 3 aromatic rings. The molecule has 1 N–H and O–H groups in total. The summed E-state index contributed by atoms with van der Waals surface area (Å²) in [6, 6.07) is 17.0. The van der Waals surface area contributed by atoms with E-state index in [1.165, 1.54) is 49.3 Å².